The zero-order chi connectivity index (χ0) is 20.5. The van der Waals surface area contributed by atoms with E-state index in [0.717, 1.165) is 23.2 Å². The van der Waals surface area contributed by atoms with Crippen LogP contribution >= 0.6 is 0 Å². The highest BCUT2D eigenvalue weighted by atomic mass is 16.5. The molecule has 1 amide bonds. The normalized spacial score (nSPS) is 12.9. The molecule has 0 atom stereocenters. The number of nitrogens with zero attached hydrogens (tertiary/aromatic N) is 4. The maximum Gasteiger partial charge on any atom is 0.332 e. The Hall–Kier alpha value is -3.36. The van der Waals surface area contributed by atoms with Gasteiger partial charge in [0.15, 0.2) is 11.2 Å². The van der Waals surface area contributed by atoms with Crippen molar-refractivity contribution in [2.75, 3.05) is 13.2 Å². The minimum absolute atomic E-state index is 0.277. The molecule has 1 aromatic carbocycles. The van der Waals surface area contributed by atoms with Crippen LogP contribution in [0.3, 0.4) is 0 Å². The van der Waals surface area contributed by atoms with Crippen molar-refractivity contribution in [1.82, 2.24) is 24.0 Å². The average Bonchev–Trinajstić information content (AvgIpc) is 3.33. The van der Waals surface area contributed by atoms with E-state index in [0.29, 0.717) is 12.3 Å². The third-order valence-electron chi connectivity index (χ3n) is 5.27. The van der Waals surface area contributed by atoms with Gasteiger partial charge in [0.2, 0.25) is 5.91 Å². The zero-order valence-electron chi connectivity index (χ0n) is 16.5. The molecule has 29 heavy (non-hydrogen) atoms. The Labute approximate surface area is 166 Å². The van der Waals surface area contributed by atoms with Crippen molar-refractivity contribution in [3.63, 3.8) is 0 Å². The highest BCUT2D eigenvalue weighted by molar-refractivity contribution is 5.76. The van der Waals surface area contributed by atoms with Crippen LogP contribution < -0.4 is 21.3 Å². The van der Waals surface area contributed by atoms with Gasteiger partial charge >= 0.3 is 5.69 Å². The molecule has 0 aliphatic heterocycles. The zero-order valence-corrected chi connectivity index (χ0v) is 16.5. The van der Waals surface area contributed by atoms with Gasteiger partial charge in [-0.2, -0.15) is 0 Å². The summed E-state index contributed by atoms with van der Waals surface area (Å²) in [7, 11) is 3.19. The third-order valence-corrected chi connectivity index (χ3v) is 5.27. The molecule has 9 nitrogen and oxygen atoms in total. The lowest BCUT2D eigenvalue weighted by atomic mass is 10.1. The van der Waals surface area contributed by atoms with Gasteiger partial charge in [-0.25, -0.2) is 14.3 Å². The first-order chi connectivity index (χ1) is 14.0. The monoisotopic (exact) mass is 397 g/mol. The molecule has 2 aromatic heterocycles. The highest BCUT2D eigenvalue weighted by Crippen LogP contribution is 2.25. The van der Waals surface area contributed by atoms with Crippen molar-refractivity contribution in [1.29, 1.82) is 0 Å². The number of amides is 1. The summed E-state index contributed by atoms with van der Waals surface area (Å²) in [5.41, 5.74) is 2.16. The number of carbonyl (C=O) groups excluding carboxylic acids is 1. The van der Waals surface area contributed by atoms with E-state index in [1.165, 1.54) is 40.1 Å². The molecule has 0 bridgehead atoms. The smallest absolute Gasteiger partial charge is 0.332 e. The SMILES string of the molecule is Cn1cnc2c1c(=O)n(CC(=O)NCCOc1ccc3c(c1)CCC3)c(=O)n2C. The van der Waals surface area contributed by atoms with E-state index in [4.69, 9.17) is 4.74 Å². The van der Waals surface area contributed by atoms with Crippen LogP contribution in [0.15, 0.2) is 34.1 Å². The van der Waals surface area contributed by atoms with E-state index in [9.17, 15) is 14.4 Å². The summed E-state index contributed by atoms with van der Waals surface area (Å²) in [6, 6.07) is 6.09. The molecule has 4 rings (SSSR count). The number of imidazole rings is 1. The summed E-state index contributed by atoms with van der Waals surface area (Å²) < 4.78 is 9.42. The van der Waals surface area contributed by atoms with Crippen molar-refractivity contribution in [3.8, 4) is 5.75 Å². The number of aryl methyl sites for hydroxylation is 4. The fraction of sp³-hybridized carbons (Fsp3) is 0.400. The van der Waals surface area contributed by atoms with Gasteiger partial charge in [-0.15, -0.1) is 0 Å². The van der Waals surface area contributed by atoms with Crippen molar-refractivity contribution < 1.29 is 9.53 Å². The number of hydrogen-bond donors (Lipinski definition) is 1. The van der Waals surface area contributed by atoms with Crippen LogP contribution in [0.4, 0.5) is 0 Å². The molecule has 1 aliphatic rings. The Balaban J connectivity index is 1.37. The maximum atomic E-state index is 12.6. The Morgan fingerprint density at radius 1 is 1.21 bits per heavy atom. The number of benzene rings is 1. The molecular weight excluding hydrogens is 374 g/mol. The number of nitrogens with one attached hydrogen (secondary N) is 1. The Bertz CT molecular complexity index is 1200. The first-order valence-electron chi connectivity index (χ1n) is 9.58. The van der Waals surface area contributed by atoms with Crippen LogP contribution in [0.1, 0.15) is 17.5 Å². The molecule has 9 heteroatoms. The standard InChI is InChI=1S/C20H23N5O4/c1-23-12-22-18-17(23)19(27)25(20(28)24(18)2)11-16(26)21-8-9-29-15-7-6-13-4-3-5-14(13)10-15/h6-7,10,12H,3-5,8-9,11H2,1-2H3,(H,21,26). The molecule has 0 unspecified atom stereocenters. The number of aromatic nitrogens is 4. The van der Waals surface area contributed by atoms with Gasteiger partial charge in [-0.3, -0.25) is 14.2 Å². The van der Waals surface area contributed by atoms with Gasteiger partial charge in [-0.05, 0) is 42.5 Å². The second kappa shape index (κ2) is 7.57. The molecule has 0 radical (unpaired) electrons. The summed E-state index contributed by atoms with van der Waals surface area (Å²) in [6.07, 6.45) is 4.84. The number of fused-ring (bicyclic) bond motifs is 2. The maximum absolute atomic E-state index is 12.6. The average molecular weight is 397 g/mol. The fourth-order valence-electron chi connectivity index (χ4n) is 3.73. The lowest BCUT2D eigenvalue weighted by Crippen LogP contribution is -2.44. The molecule has 1 N–H and O–H groups in total. The molecule has 0 saturated heterocycles. The molecule has 152 valence electrons. The van der Waals surface area contributed by atoms with Crippen LogP contribution in [-0.2, 0) is 38.3 Å². The molecule has 0 spiro atoms. The van der Waals surface area contributed by atoms with E-state index < -0.39 is 17.2 Å². The molecule has 2 heterocycles. The minimum Gasteiger partial charge on any atom is -0.492 e. The summed E-state index contributed by atoms with van der Waals surface area (Å²) in [5.74, 6) is 0.356. The summed E-state index contributed by atoms with van der Waals surface area (Å²) in [5, 5.41) is 2.69. The van der Waals surface area contributed by atoms with Gasteiger partial charge in [0.1, 0.15) is 18.9 Å². The number of hydrogen-bond acceptors (Lipinski definition) is 5. The van der Waals surface area contributed by atoms with Crippen molar-refractivity contribution in [3.05, 3.63) is 56.5 Å². The van der Waals surface area contributed by atoms with Gasteiger partial charge in [0, 0.05) is 14.1 Å². The lowest BCUT2D eigenvalue weighted by Gasteiger charge is -2.11. The Kier molecular flexibility index (Phi) is 4.96. The molecule has 0 fully saturated rings. The second-order valence-electron chi connectivity index (χ2n) is 7.24. The van der Waals surface area contributed by atoms with E-state index in [2.05, 4.69) is 22.4 Å². The molecule has 1 aliphatic carbocycles. The summed E-state index contributed by atoms with van der Waals surface area (Å²) in [4.78, 5) is 41.4. The van der Waals surface area contributed by atoms with E-state index in [-0.39, 0.29) is 18.6 Å². The molecule has 3 aromatic rings. The minimum atomic E-state index is -0.578. The summed E-state index contributed by atoms with van der Waals surface area (Å²) >= 11 is 0. The first-order valence-corrected chi connectivity index (χ1v) is 9.58. The van der Waals surface area contributed by atoms with Crippen LogP contribution in [0, 0.1) is 0 Å². The quantitative estimate of drug-likeness (QED) is 0.596. The Morgan fingerprint density at radius 2 is 2.00 bits per heavy atom. The molecular formula is C20H23N5O4. The topological polar surface area (TPSA) is 100 Å². The van der Waals surface area contributed by atoms with Crippen LogP contribution in [0.5, 0.6) is 5.75 Å². The number of rotatable bonds is 6. The van der Waals surface area contributed by atoms with E-state index in [1.54, 1.807) is 7.05 Å². The van der Waals surface area contributed by atoms with Crippen LogP contribution in [-0.4, -0.2) is 37.7 Å². The van der Waals surface area contributed by atoms with Gasteiger partial charge in [0.25, 0.3) is 5.56 Å². The fourth-order valence-corrected chi connectivity index (χ4v) is 3.73. The predicted molar refractivity (Wildman–Crippen MR) is 107 cm³/mol. The largest absolute Gasteiger partial charge is 0.492 e. The second-order valence-corrected chi connectivity index (χ2v) is 7.24. The third kappa shape index (κ3) is 3.55. The van der Waals surface area contributed by atoms with E-state index in [1.807, 2.05) is 6.07 Å². The van der Waals surface area contributed by atoms with Crippen molar-refractivity contribution in [2.24, 2.45) is 14.1 Å². The van der Waals surface area contributed by atoms with Gasteiger partial charge in [0.05, 0.1) is 12.9 Å². The van der Waals surface area contributed by atoms with Gasteiger partial charge < -0.3 is 14.6 Å². The van der Waals surface area contributed by atoms with Crippen molar-refractivity contribution in [2.45, 2.75) is 25.8 Å². The highest BCUT2D eigenvalue weighted by Gasteiger charge is 2.17. The van der Waals surface area contributed by atoms with Crippen LogP contribution in [0.25, 0.3) is 11.2 Å². The summed E-state index contributed by atoms with van der Waals surface area (Å²) in [6.45, 7) is 0.225. The van der Waals surface area contributed by atoms with Gasteiger partial charge in [-0.1, -0.05) is 6.07 Å². The molecule has 0 saturated carbocycles. The predicted octanol–water partition coefficient (Wildman–Crippen LogP) is 0.118. The van der Waals surface area contributed by atoms with Crippen molar-refractivity contribution >= 4 is 17.1 Å². The number of carbonyl (C=O) groups is 1. The van der Waals surface area contributed by atoms with Crippen LogP contribution in [0.2, 0.25) is 0 Å². The number of ether oxygens (including phenoxy) is 1. The van der Waals surface area contributed by atoms with E-state index >= 15 is 0 Å². The first kappa shape index (κ1) is 19.0. The lowest BCUT2D eigenvalue weighted by molar-refractivity contribution is -0.121. The Morgan fingerprint density at radius 3 is 2.83 bits per heavy atom.